The highest BCUT2D eigenvalue weighted by Gasteiger charge is 2.42. The normalized spacial score (nSPS) is 18.8. The maximum Gasteiger partial charge on any atom is 0.338 e. The number of allylic oxidation sites excluding steroid dienone is 1. The first-order valence-electron chi connectivity index (χ1n) is 7.55. The van der Waals surface area contributed by atoms with Gasteiger partial charge in [-0.25, -0.2) is 9.79 Å². The summed E-state index contributed by atoms with van der Waals surface area (Å²) in [4.78, 5) is 24.8. The van der Waals surface area contributed by atoms with Crippen LogP contribution >= 0.6 is 11.8 Å². The molecule has 1 unspecified atom stereocenters. The summed E-state index contributed by atoms with van der Waals surface area (Å²) in [6.07, 6.45) is 1.74. The number of carbonyl (C=O) groups excluding carboxylic acids is 1. The molecule has 3 heterocycles. The van der Waals surface area contributed by atoms with Crippen molar-refractivity contribution in [3.63, 3.8) is 0 Å². The molecule has 1 atom stereocenters. The fourth-order valence-corrected chi connectivity index (χ4v) is 4.14. The van der Waals surface area contributed by atoms with Gasteiger partial charge in [0.15, 0.2) is 5.17 Å². The molecule has 0 N–H and O–H groups in total. The van der Waals surface area contributed by atoms with Gasteiger partial charge in [0.2, 0.25) is 0 Å². The van der Waals surface area contributed by atoms with Gasteiger partial charge in [0.25, 0.3) is 0 Å². The maximum atomic E-state index is 12.5. The van der Waals surface area contributed by atoms with E-state index in [-0.39, 0.29) is 12.0 Å². The Morgan fingerprint density at radius 1 is 1.21 bits per heavy atom. The fourth-order valence-electron chi connectivity index (χ4n) is 3.04. The molecule has 6 heteroatoms. The molecule has 2 aromatic rings. The quantitative estimate of drug-likeness (QED) is 0.785. The molecule has 0 aliphatic carbocycles. The zero-order valence-corrected chi connectivity index (χ0v) is 14.1. The van der Waals surface area contributed by atoms with Crippen LogP contribution in [0.5, 0.6) is 0 Å². The lowest BCUT2D eigenvalue weighted by Gasteiger charge is -2.33. The third-order valence-electron chi connectivity index (χ3n) is 4.09. The summed E-state index contributed by atoms with van der Waals surface area (Å²) in [7, 11) is 1.39. The molecule has 0 amide bonds. The molecule has 0 radical (unpaired) electrons. The summed E-state index contributed by atoms with van der Waals surface area (Å²) < 4.78 is 5.02. The number of methoxy groups -OCH3 is 1. The van der Waals surface area contributed by atoms with E-state index >= 15 is 0 Å². The number of nitrogens with zero attached hydrogens (tertiary/aromatic N) is 3. The predicted octanol–water partition coefficient (Wildman–Crippen LogP) is 3.55. The number of hydrogen-bond donors (Lipinski definition) is 0. The Balaban J connectivity index is 1.94. The number of pyridine rings is 1. The number of amidine groups is 1. The highest BCUT2D eigenvalue weighted by Crippen LogP contribution is 2.49. The van der Waals surface area contributed by atoms with Gasteiger partial charge in [-0.05, 0) is 43.0 Å². The topological polar surface area (TPSA) is 54.8 Å². The minimum Gasteiger partial charge on any atom is -0.466 e. The van der Waals surface area contributed by atoms with Gasteiger partial charge in [-0.2, -0.15) is 0 Å². The Labute approximate surface area is 144 Å². The number of aromatic nitrogens is 1. The van der Waals surface area contributed by atoms with Gasteiger partial charge in [0, 0.05) is 11.1 Å². The molecule has 0 fully saturated rings. The Bertz CT molecular complexity index is 877. The van der Waals surface area contributed by atoms with Crippen molar-refractivity contribution in [3.05, 3.63) is 65.6 Å². The largest absolute Gasteiger partial charge is 0.466 e. The number of carbonyl (C=O) groups is 1. The van der Waals surface area contributed by atoms with Crippen molar-refractivity contribution in [2.45, 2.75) is 17.9 Å². The Morgan fingerprint density at radius 3 is 2.75 bits per heavy atom. The SMILES string of the molecule is COC(=O)C1=C(C)N=C2Sc3ccccc3N2C1c1ccccn1. The van der Waals surface area contributed by atoms with Gasteiger partial charge < -0.3 is 9.64 Å². The van der Waals surface area contributed by atoms with E-state index in [4.69, 9.17) is 4.74 Å². The molecule has 1 aromatic heterocycles. The van der Waals surface area contributed by atoms with Gasteiger partial charge in [-0.15, -0.1) is 0 Å². The van der Waals surface area contributed by atoms with Crippen LogP contribution < -0.4 is 4.90 Å². The molecule has 0 bridgehead atoms. The minimum absolute atomic E-state index is 0.345. The lowest BCUT2D eigenvalue weighted by Crippen LogP contribution is -2.37. The summed E-state index contributed by atoms with van der Waals surface area (Å²) in [5, 5.41) is 0.858. The second-order valence-electron chi connectivity index (χ2n) is 5.48. The molecule has 120 valence electrons. The number of hydrogen-bond acceptors (Lipinski definition) is 6. The lowest BCUT2D eigenvalue weighted by atomic mass is 9.98. The first kappa shape index (κ1) is 15.0. The van der Waals surface area contributed by atoms with Gasteiger partial charge in [0.1, 0.15) is 6.04 Å². The van der Waals surface area contributed by atoms with Crippen LogP contribution in [0.3, 0.4) is 0 Å². The van der Waals surface area contributed by atoms with E-state index in [1.165, 1.54) is 7.11 Å². The van der Waals surface area contributed by atoms with E-state index < -0.39 is 0 Å². The predicted molar refractivity (Wildman–Crippen MR) is 93.9 cm³/mol. The van der Waals surface area contributed by atoms with E-state index in [2.05, 4.69) is 20.9 Å². The number of anilines is 1. The van der Waals surface area contributed by atoms with E-state index in [0.717, 1.165) is 21.4 Å². The second kappa shape index (κ2) is 5.79. The zero-order valence-electron chi connectivity index (χ0n) is 13.3. The highest BCUT2D eigenvalue weighted by molar-refractivity contribution is 8.14. The van der Waals surface area contributed by atoms with Gasteiger partial charge in [-0.1, -0.05) is 18.2 Å². The summed E-state index contributed by atoms with van der Waals surface area (Å²) in [6, 6.07) is 13.5. The third kappa shape index (κ3) is 2.22. The van der Waals surface area contributed by atoms with Crippen LogP contribution in [0.4, 0.5) is 5.69 Å². The third-order valence-corrected chi connectivity index (χ3v) is 5.13. The first-order chi connectivity index (χ1) is 11.7. The molecule has 24 heavy (non-hydrogen) atoms. The van der Waals surface area contributed by atoms with Crippen molar-refractivity contribution in [3.8, 4) is 0 Å². The fraction of sp³-hybridized carbons (Fsp3) is 0.167. The molecule has 2 aliphatic heterocycles. The molecule has 0 saturated carbocycles. The molecule has 0 spiro atoms. The molecule has 2 aliphatic rings. The minimum atomic E-state index is -0.375. The van der Waals surface area contributed by atoms with Crippen molar-refractivity contribution in [1.29, 1.82) is 0 Å². The average Bonchev–Trinajstić information content (AvgIpc) is 2.98. The second-order valence-corrected chi connectivity index (χ2v) is 6.49. The summed E-state index contributed by atoms with van der Waals surface area (Å²) in [5.74, 6) is -0.375. The van der Waals surface area contributed by atoms with Crippen molar-refractivity contribution >= 4 is 28.6 Å². The van der Waals surface area contributed by atoms with Crippen LogP contribution in [0, 0.1) is 0 Å². The van der Waals surface area contributed by atoms with E-state index in [9.17, 15) is 4.79 Å². The number of rotatable bonds is 2. The van der Waals surface area contributed by atoms with Gasteiger partial charge in [-0.3, -0.25) is 4.98 Å². The van der Waals surface area contributed by atoms with Crippen LogP contribution in [-0.4, -0.2) is 23.2 Å². The number of para-hydroxylation sites is 1. The molecule has 0 saturated heterocycles. The van der Waals surface area contributed by atoms with Crippen LogP contribution in [0.15, 0.2) is 69.8 Å². The lowest BCUT2D eigenvalue weighted by molar-refractivity contribution is -0.136. The van der Waals surface area contributed by atoms with Crippen molar-refractivity contribution in [1.82, 2.24) is 4.98 Å². The maximum absolute atomic E-state index is 12.5. The summed E-state index contributed by atoms with van der Waals surface area (Å²) >= 11 is 1.61. The Hall–Kier alpha value is -2.60. The van der Waals surface area contributed by atoms with Crippen LogP contribution in [0.2, 0.25) is 0 Å². The standard InChI is InChI=1S/C18H15N3O2S/c1-11-15(17(22)23-2)16(12-7-5-6-10-19-12)21-13-8-3-4-9-14(13)24-18(21)20-11/h3-10,16H,1-2H3. The smallest absolute Gasteiger partial charge is 0.338 e. The van der Waals surface area contributed by atoms with E-state index in [1.807, 2.05) is 43.3 Å². The number of thioether (sulfide) groups is 1. The monoisotopic (exact) mass is 337 g/mol. The summed E-state index contributed by atoms with van der Waals surface area (Å²) in [5.41, 5.74) is 3.02. The van der Waals surface area contributed by atoms with Crippen molar-refractivity contribution in [2.24, 2.45) is 4.99 Å². The molecular formula is C18H15N3O2S. The molecule has 4 rings (SSSR count). The Kier molecular flexibility index (Phi) is 3.61. The zero-order chi connectivity index (χ0) is 16.7. The molecular weight excluding hydrogens is 322 g/mol. The number of esters is 1. The average molecular weight is 337 g/mol. The number of fused-ring (bicyclic) bond motifs is 3. The van der Waals surface area contributed by atoms with Crippen molar-refractivity contribution < 1.29 is 9.53 Å². The van der Waals surface area contributed by atoms with Gasteiger partial charge in [0.05, 0.1) is 29.8 Å². The number of benzene rings is 1. The van der Waals surface area contributed by atoms with Gasteiger partial charge >= 0.3 is 5.97 Å². The van der Waals surface area contributed by atoms with Crippen molar-refractivity contribution in [2.75, 3.05) is 12.0 Å². The van der Waals surface area contributed by atoms with Crippen LogP contribution in [0.1, 0.15) is 18.7 Å². The number of aliphatic imine (C=N–C) groups is 1. The van der Waals surface area contributed by atoms with Crippen LogP contribution in [-0.2, 0) is 9.53 Å². The number of ether oxygens (including phenoxy) is 1. The molecule has 1 aromatic carbocycles. The molecule has 5 nitrogen and oxygen atoms in total. The first-order valence-corrected chi connectivity index (χ1v) is 8.37. The Morgan fingerprint density at radius 2 is 2.00 bits per heavy atom. The van der Waals surface area contributed by atoms with E-state index in [0.29, 0.717) is 11.3 Å². The van der Waals surface area contributed by atoms with Crippen LogP contribution in [0.25, 0.3) is 0 Å². The van der Waals surface area contributed by atoms with E-state index in [1.54, 1.807) is 18.0 Å². The summed E-state index contributed by atoms with van der Waals surface area (Å²) in [6.45, 7) is 1.84. The highest BCUT2D eigenvalue weighted by atomic mass is 32.2.